The van der Waals surface area contributed by atoms with Crippen LogP contribution >= 0.6 is 24.8 Å². The summed E-state index contributed by atoms with van der Waals surface area (Å²) in [6.07, 6.45) is 8.50. The van der Waals surface area contributed by atoms with Crippen LogP contribution in [0.25, 0.3) is 11.0 Å². The summed E-state index contributed by atoms with van der Waals surface area (Å²) in [4.78, 5) is 25.7. The van der Waals surface area contributed by atoms with Gasteiger partial charge in [0, 0.05) is 19.3 Å². The van der Waals surface area contributed by atoms with E-state index < -0.39 is 5.54 Å². The summed E-state index contributed by atoms with van der Waals surface area (Å²) in [5, 5.41) is 7.75. The molecule has 0 unspecified atom stereocenters. The number of aromatic nitrogens is 4. The Bertz CT molecular complexity index is 739. The number of amides is 1. The largest absolute Gasteiger partial charge is 0.368 e. The van der Waals surface area contributed by atoms with Gasteiger partial charge in [-0.25, -0.2) is 4.98 Å². The average Bonchev–Trinajstić information content (AvgIpc) is 3.10. The number of hydrogen-bond donors (Lipinski definition) is 2. The molecule has 2 aromatic heterocycles. The zero-order valence-electron chi connectivity index (χ0n) is 14.6. The minimum absolute atomic E-state index is 0. The number of carbonyl (C=O) groups excluding carboxylic acids is 1. The first-order valence-electron chi connectivity index (χ1n) is 8.65. The molecular formula is C16H25Cl2N7O. The van der Waals surface area contributed by atoms with E-state index in [9.17, 15) is 4.79 Å². The van der Waals surface area contributed by atoms with Crippen LogP contribution < -0.4 is 10.6 Å². The highest BCUT2D eigenvalue weighted by Crippen LogP contribution is 2.32. The maximum Gasteiger partial charge on any atom is 0.238 e. The Labute approximate surface area is 164 Å². The molecule has 1 amide bonds. The monoisotopic (exact) mass is 401 g/mol. The van der Waals surface area contributed by atoms with E-state index in [4.69, 9.17) is 5.73 Å². The van der Waals surface area contributed by atoms with E-state index in [0.717, 1.165) is 62.9 Å². The molecule has 2 fully saturated rings. The highest BCUT2D eigenvalue weighted by molar-refractivity contribution is 5.86. The fourth-order valence-corrected chi connectivity index (χ4v) is 4.00. The Kier molecular flexibility index (Phi) is 6.65. The first-order chi connectivity index (χ1) is 11.7. The summed E-state index contributed by atoms with van der Waals surface area (Å²) >= 11 is 0. The number of nitrogens with zero attached hydrogens (tertiary/aromatic N) is 5. The molecule has 144 valence electrons. The van der Waals surface area contributed by atoms with Crippen molar-refractivity contribution in [3.05, 3.63) is 12.4 Å². The standard InChI is InChI=1S/C16H23N7O.2ClH/c17-14(24)16(23-6-2-1-3-7-23)4-8-22(9-5-16)15-18-10-12-11-19-21-13(12)20-15;;/h10-11H,1-9H2,(H2,17,24)(H,18,19,20,21);2*1H. The number of nitrogens with one attached hydrogen (secondary N) is 1. The summed E-state index contributed by atoms with van der Waals surface area (Å²) in [6, 6.07) is 0. The Morgan fingerprint density at radius 1 is 1.08 bits per heavy atom. The molecule has 4 heterocycles. The van der Waals surface area contributed by atoms with Crippen molar-refractivity contribution in [1.82, 2.24) is 25.1 Å². The molecule has 2 aliphatic rings. The van der Waals surface area contributed by atoms with Gasteiger partial charge in [0.15, 0.2) is 5.65 Å². The van der Waals surface area contributed by atoms with E-state index in [1.165, 1.54) is 6.42 Å². The van der Waals surface area contributed by atoms with Crippen molar-refractivity contribution < 1.29 is 4.79 Å². The fourth-order valence-electron chi connectivity index (χ4n) is 4.00. The number of carbonyl (C=O) groups is 1. The van der Waals surface area contributed by atoms with Gasteiger partial charge >= 0.3 is 0 Å². The number of nitrogens with two attached hydrogens (primary N) is 1. The van der Waals surface area contributed by atoms with Gasteiger partial charge in [-0.05, 0) is 38.8 Å². The van der Waals surface area contributed by atoms with Gasteiger partial charge in [0.25, 0.3) is 0 Å². The predicted octanol–water partition coefficient (Wildman–Crippen LogP) is 1.51. The van der Waals surface area contributed by atoms with Crippen LogP contribution in [0.4, 0.5) is 5.95 Å². The van der Waals surface area contributed by atoms with Crippen LogP contribution in [0, 0.1) is 0 Å². The Balaban J connectivity index is 0.00000121. The van der Waals surface area contributed by atoms with Crippen molar-refractivity contribution in [1.29, 1.82) is 0 Å². The van der Waals surface area contributed by atoms with Crippen LogP contribution in [0.15, 0.2) is 12.4 Å². The number of likely N-dealkylation sites (tertiary alicyclic amines) is 1. The molecule has 0 radical (unpaired) electrons. The molecule has 2 aromatic rings. The number of piperidine rings is 2. The molecule has 0 aliphatic carbocycles. The first kappa shape index (κ1) is 20.7. The lowest BCUT2D eigenvalue weighted by Gasteiger charge is -2.48. The van der Waals surface area contributed by atoms with Crippen molar-refractivity contribution in [2.75, 3.05) is 31.1 Å². The smallest absolute Gasteiger partial charge is 0.238 e. The number of halogens is 2. The lowest BCUT2D eigenvalue weighted by atomic mass is 9.83. The summed E-state index contributed by atoms with van der Waals surface area (Å²) in [5.74, 6) is 0.498. The number of primary amides is 1. The topological polar surface area (TPSA) is 104 Å². The molecule has 0 saturated carbocycles. The number of hydrogen-bond acceptors (Lipinski definition) is 6. The third kappa shape index (κ3) is 3.58. The Morgan fingerprint density at radius 2 is 1.77 bits per heavy atom. The molecule has 0 bridgehead atoms. The molecule has 3 N–H and O–H groups in total. The minimum Gasteiger partial charge on any atom is -0.368 e. The van der Waals surface area contributed by atoms with Gasteiger partial charge in [-0.2, -0.15) is 10.1 Å². The average molecular weight is 402 g/mol. The van der Waals surface area contributed by atoms with E-state index in [0.29, 0.717) is 5.95 Å². The SMILES string of the molecule is Cl.Cl.NC(=O)C1(N2CCCCC2)CCN(c2ncc3cn[nH]c3n2)CC1. The van der Waals surface area contributed by atoms with Crippen molar-refractivity contribution in [3.8, 4) is 0 Å². The van der Waals surface area contributed by atoms with Crippen molar-refractivity contribution in [2.45, 2.75) is 37.6 Å². The molecule has 2 aliphatic heterocycles. The molecule has 0 atom stereocenters. The van der Waals surface area contributed by atoms with Crippen LogP contribution in [-0.2, 0) is 4.79 Å². The summed E-state index contributed by atoms with van der Waals surface area (Å²) in [5.41, 5.74) is 6.07. The van der Waals surface area contributed by atoms with Crippen LogP contribution in [0.2, 0.25) is 0 Å². The summed E-state index contributed by atoms with van der Waals surface area (Å²) in [7, 11) is 0. The van der Waals surface area contributed by atoms with Crippen molar-refractivity contribution in [3.63, 3.8) is 0 Å². The molecule has 10 heteroatoms. The van der Waals surface area contributed by atoms with Crippen LogP contribution in [0.3, 0.4) is 0 Å². The van der Waals surface area contributed by atoms with Crippen LogP contribution in [0.1, 0.15) is 32.1 Å². The normalized spacial score (nSPS) is 20.2. The molecule has 4 rings (SSSR count). The molecule has 0 spiro atoms. The summed E-state index contributed by atoms with van der Waals surface area (Å²) in [6.45, 7) is 3.41. The number of H-pyrrole nitrogens is 1. The first-order valence-corrected chi connectivity index (χ1v) is 8.65. The van der Waals surface area contributed by atoms with Crippen LogP contribution in [-0.4, -0.2) is 62.7 Å². The van der Waals surface area contributed by atoms with Gasteiger partial charge in [0.2, 0.25) is 11.9 Å². The van der Waals surface area contributed by atoms with Gasteiger partial charge < -0.3 is 10.6 Å². The molecule has 26 heavy (non-hydrogen) atoms. The van der Waals surface area contributed by atoms with E-state index in [2.05, 4.69) is 30.0 Å². The van der Waals surface area contributed by atoms with Gasteiger partial charge in [-0.15, -0.1) is 24.8 Å². The van der Waals surface area contributed by atoms with Crippen molar-refractivity contribution in [2.24, 2.45) is 5.73 Å². The number of aromatic amines is 1. The third-order valence-electron chi connectivity index (χ3n) is 5.47. The van der Waals surface area contributed by atoms with Gasteiger partial charge in [0.1, 0.15) is 5.54 Å². The summed E-state index contributed by atoms with van der Waals surface area (Å²) < 4.78 is 0. The van der Waals surface area contributed by atoms with Crippen molar-refractivity contribution >= 4 is 47.7 Å². The lowest BCUT2D eigenvalue weighted by Crippen LogP contribution is -2.63. The minimum atomic E-state index is -0.505. The highest BCUT2D eigenvalue weighted by atomic mass is 35.5. The molecule has 0 aromatic carbocycles. The number of anilines is 1. The molecular weight excluding hydrogens is 377 g/mol. The van der Waals surface area contributed by atoms with E-state index in [1.807, 2.05) is 0 Å². The van der Waals surface area contributed by atoms with E-state index >= 15 is 0 Å². The zero-order valence-corrected chi connectivity index (χ0v) is 16.2. The fraction of sp³-hybridized carbons (Fsp3) is 0.625. The second-order valence-corrected chi connectivity index (χ2v) is 6.77. The van der Waals surface area contributed by atoms with Gasteiger partial charge in [-0.1, -0.05) is 6.42 Å². The van der Waals surface area contributed by atoms with E-state index in [1.54, 1.807) is 12.4 Å². The maximum absolute atomic E-state index is 12.3. The second-order valence-electron chi connectivity index (χ2n) is 6.77. The zero-order chi connectivity index (χ0) is 16.6. The molecule has 2 saturated heterocycles. The second kappa shape index (κ2) is 8.37. The maximum atomic E-state index is 12.3. The third-order valence-corrected chi connectivity index (χ3v) is 5.47. The highest BCUT2D eigenvalue weighted by Gasteiger charge is 2.45. The quantitative estimate of drug-likeness (QED) is 0.807. The predicted molar refractivity (Wildman–Crippen MR) is 105 cm³/mol. The van der Waals surface area contributed by atoms with Gasteiger partial charge in [0.05, 0.1) is 11.6 Å². The molecule has 8 nitrogen and oxygen atoms in total. The van der Waals surface area contributed by atoms with Gasteiger partial charge in [-0.3, -0.25) is 14.8 Å². The number of fused-ring (bicyclic) bond motifs is 1. The number of rotatable bonds is 3. The van der Waals surface area contributed by atoms with E-state index in [-0.39, 0.29) is 30.7 Å². The van der Waals surface area contributed by atoms with Crippen LogP contribution in [0.5, 0.6) is 0 Å². The lowest BCUT2D eigenvalue weighted by molar-refractivity contribution is -0.132. The Morgan fingerprint density at radius 3 is 2.42 bits per heavy atom. The Hall–Kier alpha value is -1.64.